The van der Waals surface area contributed by atoms with Crippen LogP contribution in [0.25, 0.3) is 17.1 Å². The minimum atomic E-state index is -0.371. The van der Waals surface area contributed by atoms with Gasteiger partial charge in [0.25, 0.3) is 0 Å². The number of carbonyl (C=O) groups is 1. The summed E-state index contributed by atoms with van der Waals surface area (Å²) in [6, 6.07) is 5.83. The number of benzene rings is 1. The molecule has 0 amide bonds. The van der Waals surface area contributed by atoms with Crippen LogP contribution in [0.15, 0.2) is 24.3 Å². The van der Waals surface area contributed by atoms with Gasteiger partial charge in [0.1, 0.15) is 5.82 Å². The number of nitrogens with one attached hydrogen (secondary N) is 1. The smallest absolute Gasteiger partial charge is 0.330 e. The van der Waals surface area contributed by atoms with Crippen molar-refractivity contribution in [3.8, 4) is 0 Å². The van der Waals surface area contributed by atoms with Gasteiger partial charge in [0, 0.05) is 6.08 Å². The van der Waals surface area contributed by atoms with E-state index in [9.17, 15) is 4.79 Å². The number of aromatic nitrogens is 2. The Bertz CT molecular complexity index is 697. The van der Waals surface area contributed by atoms with E-state index in [1.807, 2.05) is 18.2 Å². The molecule has 0 aliphatic heterocycles. The summed E-state index contributed by atoms with van der Waals surface area (Å²) in [6.07, 6.45) is 7.37. The molecule has 1 aromatic carbocycles. The first kappa shape index (κ1) is 13.8. The zero-order valence-corrected chi connectivity index (χ0v) is 12.1. The Labute approximate surface area is 123 Å². The minimum Gasteiger partial charge on any atom is -0.466 e. The summed E-state index contributed by atoms with van der Waals surface area (Å²) in [4.78, 5) is 19.1. The molecule has 1 aliphatic carbocycles. The van der Waals surface area contributed by atoms with Crippen LogP contribution in [0, 0.1) is 0 Å². The molecule has 3 rings (SSSR count). The van der Waals surface area contributed by atoms with Crippen molar-refractivity contribution in [3.63, 3.8) is 0 Å². The molecule has 2 aromatic rings. The third kappa shape index (κ3) is 2.69. The quantitative estimate of drug-likeness (QED) is 0.670. The number of imidazole rings is 1. The highest BCUT2D eigenvalue weighted by atomic mass is 16.5. The zero-order valence-electron chi connectivity index (χ0n) is 12.1. The summed E-state index contributed by atoms with van der Waals surface area (Å²) in [7, 11) is 1.36. The maximum Gasteiger partial charge on any atom is 0.330 e. The molecule has 1 saturated carbocycles. The Kier molecular flexibility index (Phi) is 3.51. The second-order valence-electron chi connectivity index (χ2n) is 5.58. The van der Waals surface area contributed by atoms with Crippen molar-refractivity contribution in [2.75, 3.05) is 7.11 Å². The number of methoxy groups -OCH3 is 1. The van der Waals surface area contributed by atoms with Crippen LogP contribution in [-0.2, 0) is 15.1 Å². The van der Waals surface area contributed by atoms with Crippen LogP contribution in [-0.4, -0.2) is 23.0 Å². The van der Waals surface area contributed by atoms with Crippen molar-refractivity contribution >= 4 is 23.1 Å². The standard InChI is InChI=1S/C16H19N3O2/c1-21-14(20)7-5-11-4-6-12-13(10-11)19-15(18-12)16(17)8-2-3-9-16/h4-7,10H,2-3,8-9,17H2,1H3,(H,18,19)/b7-5-. The van der Waals surface area contributed by atoms with Gasteiger partial charge in [0.15, 0.2) is 0 Å². The van der Waals surface area contributed by atoms with E-state index in [1.54, 1.807) is 6.08 Å². The Morgan fingerprint density at radius 3 is 2.90 bits per heavy atom. The van der Waals surface area contributed by atoms with Gasteiger partial charge in [-0.05, 0) is 36.6 Å². The third-order valence-electron chi connectivity index (χ3n) is 4.09. The summed E-state index contributed by atoms with van der Waals surface area (Å²) < 4.78 is 4.58. The molecule has 110 valence electrons. The number of aromatic amines is 1. The first-order chi connectivity index (χ1) is 10.1. The number of fused-ring (bicyclic) bond motifs is 1. The number of hydrogen-bond acceptors (Lipinski definition) is 4. The van der Waals surface area contributed by atoms with Crippen LogP contribution in [0.4, 0.5) is 0 Å². The summed E-state index contributed by atoms with van der Waals surface area (Å²) >= 11 is 0. The first-order valence-electron chi connectivity index (χ1n) is 7.16. The fourth-order valence-electron chi connectivity index (χ4n) is 2.84. The van der Waals surface area contributed by atoms with Crippen molar-refractivity contribution in [1.29, 1.82) is 0 Å². The molecule has 3 N–H and O–H groups in total. The number of nitrogens with two attached hydrogens (primary N) is 1. The van der Waals surface area contributed by atoms with Crippen LogP contribution in [0.1, 0.15) is 37.1 Å². The Morgan fingerprint density at radius 1 is 1.43 bits per heavy atom. The summed E-state index contributed by atoms with van der Waals surface area (Å²) in [6.45, 7) is 0. The molecule has 5 heteroatoms. The van der Waals surface area contributed by atoms with Gasteiger partial charge in [-0.25, -0.2) is 9.78 Å². The molecule has 0 unspecified atom stereocenters. The number of esters is 1. The molecule has 1 heterocycles. The maximum atomic E-state index is 11.1. The van der Waals surface area contributed by atoms with Gasteiger partial charge in [-0.1, -0.05) is 18.9 Å². The molecule has 1 fully saturated rings. The van der Waals surface area contributed by atoms with E-state index in [1.165, 1.54) is 13.2 Å². The van der Waals surface area contributed by atoms with E-state index < -0.39 is 0 Å². The number of nitrogens with zero attached hydrogens (tertiary/aromatic N) is 1. The van der Waals surface area contributed by atoms with Crippen LogP contribution < -0.4 is 5.73 Å². The van der Waals surface area contributed by atoms with Crippen molar-refractivity contribution in [2.45, 2.75) is 31.2 Å². The predicted octanol–water partition coefficient (Wildman–Crippen LogP) is 2.48. The van der Waals surface area contributed by atoms with Crippen molar-refractivity contribution in [3.05, 3.63) is 35.7 Å². The monoisotopic (exact) mass is 285 g/mol. The minimum absolute atomic E-state index is 0.318. The fraction of sp³-hybridized carbons (Fsp3) is 0.375. The molecule has 1 aliphatic rings. The summed E-state index contributed by atoms with van der Waals surface area (Å²) in [5.74, 6) is 0.494. The zero-order chi connectivity index (χ0) is 14.9. The van der Waals surface area contributed by atoms with Gasteiger partial charge in [-0.3, -0.25) is 0 Å². The molecule has 5 nitrogen and oxygen atoms in total. The average Bonchev–Trinajstić information content (AvgIpc) is 3.11. The van der Waals surface area contributed by atoms with Crippen LogP contribution in [0.3, 0.4) is 0 Å². The summed E-state index contributed by atoms with van der Waals surface area (Å²) in [5.41, 5.74) is 8.86. The van der Waals surface area contributed by atoms with Gasteiger partial charge in [0.05, 0.1) is 23.7 Å². The molecule has 0 saturated heterocycles. The SMILES string of the molecule is COC(=O)/C=C\c1ccc2[nH]c(C3(N)CCCC3)nc2c1. The molecule has 0 bridgehead atoms. The van der Waals surface area contributed by atoms with Gasteiger partial charge in [-0.15, -0.1) is 0 Å². The fourth-order valence-corrected chi connectivity index (χ4v) is 2.84. The molecule has 0 spiro atoms. The topological polar surface area (TPSA) is 81.0 Å². The van der Waals surface area contributed by atoms with Crippen LogP contribution in [0.2, 0.25) is 0 Å². The number of H-pyrrole nitrogens is 1. The third-order valence-corrected chi connectivity index (χ3v) is 4.09. The van der Waals surface area contributed by atoms with Gasteiger partial charge in [-0.2, -0.15) is 0 Å². The predicted molar refractivity (Wildman–Crippen MR) is 81.5 cm³/mol. The lowest BCUT2D eigenvalue weighted by Gasteiger charge is -2.19. The molecule has 0 radical (unpaired) electrons. The molecule has 1 aromatic heterocycles. The Morgan fingerprint density at radius 2 is 2.19 bits per heavy atom. The number of ether oxygens (including phenoxy) is 1. The molecule has 21 heavy (non-hydrogen) atoms. The van der Waals surface area contributed by atoms with E-state index >= 15 is 0 Å². The van der Waals surface area contributed by atoms with E-state index in [0.717, 1.165) is 48.1 Å². The maximum absolute atomic E-state index is 11.1. The highest BCUT2D eigenvalue weighted by Gasteiger charge is 2.34. The van der Waals surface area contributed by atoms with E-state index in [4.69, 9.17) is 5.73 Å². The highest BCUT2D eigenvalue weighted by molar-refractivity contribution is 5.88. The second-order valence-corrected chi connectivity index (χ2v) is 5.58. The Hall–Kier alpha value is -2.14. The Balaban J connectivity index is 1.92. The molecular formula is C16H19N3O2. The van der Waals surface area contributed by atoms with Gasteiger partial charge < -0.3 is 15.5 Å². The van der Waals surface area contributed by atoms with Crippen molar-refractivity contribution in [2.24, 2.45) is 5.73 Å². The number of carbonyl (C=O) groups excluding carboxylic acids is 1. The normalized spacial score (nSPS) is 17.6. The highest BCUT2D eigenvalue weighted by Crippen LogP contribution is 2.35. The first-order valence-corrected chi connectivity index (χ1v) is 7.16. The van der Waals surface area contributed by atoms with Crippen LogP contribution in [0.5, 0.6) is 0 Å². The van der Waals surface area contributed by atoms with E-state index in [2.05, 4.69) is 14.7 Å². The van der Waals surface area contributed by atoms with Crippen molar-refractivity contribution < 1.29 is 9.53 Å². The van der Waals surface area contributed by atoms with Crippen LogP contribution >= 0.6 is 0 Å². The molecular weight excluding hydrogens is 266 g/mol. The van der Waals surface area contributed by atoms with E-state index in [0.29, 0.717) is 0 Å². The second kappa shape index (κ2) is 5.33. The van der Waals surface area contributed by atoms with Crippen molar-refractivity contribution in [1.82, 2.24) is 9.97 Å². The van der Waals surface area contributed by atoms with Gasteiger partial charge >= 0.3 is 5.97 Å². The lowest BCUT2D eigenvalue weighted by Crippen LogP contribution is -2.34. The number of hydrogen-bond donors (Lipinski definition) is 2. The molecule has 0 atom stereocenters. The largest absolute Gasteiger partial charge is 0.466 e. The number of rotatable bonds is 3. The summed E-state index contributed by atoms with van der Waals surface area (Å²) in [5, 5.41) is 0. The van der Waals surface area contributed by atoms with E-state index in [-0.39, 0.29) is 11.5 Å². The lowest BCUT2D eigenvalue weighted by molar-refractivity contribution is -0.134. The average molecular weight is 285 g/mol. The van der Waals surface area contributed by atoms with Gasteiger partial charge in [0.2, 0.25) is 0 Å². The lowest BCUT2D eigenvalue weighted by atomic mass is 9.99.